The van der Waals surface area contributed by atoms with Gasteiger partial charge in [-0.05, 0) is 35.4 Å². The van der Waals surface area contributed by atoms with Crippen molar-refractivity contribution < 1.29 is 18.4 Å². The molecule has 2 aromatic carbocycles. The number of rotatable bonds is 5. The molecule has 3 nitrogen and oxygen atoms in total. The van der Waals surface area contributed by atoms with E-state index in [-0.39, 0.29) is 29.9 Å². The van der Waals surface area contributed by atoms with Crippen LogP contribution in [0.2, 0.25) is 0 Å². The molecule has 0 aliphatic rings. The lowest BCUT2D eigenvalue weighted by molar-refractivity contribution is -0.131. The zero-order chi connectivity index (χ0) is 15.2. The van der Waals surface area contributed by atoms with Crippen LogP contribution in [-0.4, -0.2) is 13.0 Å². The summed E-state index contributed by atoms with van der Waals surface area (Å²) in [5.74, 6) is -1.31. The van der Waals surface area contributed by atoms with Gasteiger partial charge in [0.25, 0.3) is 0 Å². The van der Waals surface area contributed by atoms with Crippen LogP contribution in [0.5, 0.6) is 0 Å². The summed E-state index contributed by atoms with van der Waals surface area (Å²) < 4.78 is 26.1. The van der Waals surface area contributed by atoms with Crippen LogP contribution in [0.4, 0.5) is 8.78 Å². The minimum Gasteiger partial charge on any atom is -0.277 e. The number of amides is 1. The van der Waals surface area contributed by atoms with Gasteiger partial charge in [0.05, 0.1) is 7.11 Å². The third-order valence-corrected chi connectivity index (χ3v) is 3.15. The highest BCUT2D eigenvalue weighted by Crippen LogP contribution is 2.28. The molecule has 0 atom stereocenters. The van der Waals surface area contributed by atoms with Crippen molar-refractivity contribution in [1.82, 2.24) is 5.48 Å². The normalized spacial score (nSPS) is 10.7. The Hall–Kier alpha value is -2.27. The average molecular weight is 291 g/mol. The van der Waals surface area contributed by atoms with Gasteiger partial charge in [-0.2, -0.15) is 0 Å². The van der Waals surface area contributed by atoms with Crippen LogP contribution in [0.15, 0.2) is 48.5 Å². The van der Waals surface area contributed by atoms with Crippen LogP contribution in [0.3, 0.4) is 0 Å². The number of nitrogens with one attached hydrogen (secondary N) is 1. The maximum absolute atomic E-state index is 13.0. The fourth-order valence-electron chi connectivity index (χ4n) is 2.16. The van der Waals surface area contributed by atoms with E-state index in [1.807, 2.05) is 0 Å². The fraction of sp³-hybridized carbons (Fsp3) is 0.188. The van der Waals surface area contributed by atoms with E-state index < -0.39 is 0 Å². The van der Waals surface area contributed by atoms with Crippen LogP contribution in [0, 0.1) is 11.6 Å². The Morgan fingerprint density at radius 2 is 1.43 bits per heavy atom. The van der Waals surface area contributed by atoms with E-state index in [2.05, 4.69) is 10.3 Å². The van der Waals surface area contributed by atoms with Crippen LogP contribution < -0.4 is 5.48 Å². The van der Waals surface area contributed by atoms with Crippen LogP contribution in [0.1, 0.15) is 23.5 Å². The molecule has 0 fully saturated rings. The average Bonchev–Trinajstić information content (AvgIpc) is 2.47. The molecule has 0 saturated heterocycles. The molecule has 0 aliphatic carbocycles. The highest BCUT2D eigenvalue weighted by molar-refractivity contribution is 5.76. The summed E-state index contributed by atoms with van der Waals surface area (Å²) in [4.78, 5) is 16.3. The third kappa shape index (κ3) is 4.10. The van der Waals surface area contributed by atoms with Gasteiger partial charge in [0.15, 0.2) is 0 Å². The summed E-state index contributed by atoms with van der Waals surface area (Å²) in [5.41, 5.74) is 3.80. The van der Waals surface area contributed by atoms with Gasteiger partial charge in [-0.1, -0.05) is 24.3 Å². The van der Waals surface area contributed by atoms with Crippen molar-refractivity contribution >= 4 is 5.91 Å². The topological polar surface area (TPSA) is 38.3 Å². The van der Waals surface area contributed by atoms with E-state index in [1.54, 1.807) is 24.3 Å². The smallest absolute Gasteiger partial charge is 0.244 e. The predicted octanol–water partition coefficient (Wildman–Crippen LogP) is 3.16. The largest absolute Gasteiger partial charge is 0.277 e. The summed E-state index contributed by atoms with van der Waals surface area (Å²) in [6, 6.07) is 11.8. The lowest BCUT2D eigenvalue weighted by atomic mass is 9.88. The molecule has 0 heterocycles. The van der Waals surface area contributed by atoms with E-state index in [0.717, 1.165) is 11.1 Å². The monoisotopic (exact) mass is 291 g/mol. The van der Waals surface area contributed by atoms with E-state index in [4.69, 9.17) is 0 Å². The second kappa shape index (κ2) is 6.95. The Labute approximate surface area is 121 Å². The van der Waals surface area contributed by atoms with E-state index >= 15 is 0 Å². The van der Waals surface area contributed by atoms with Crippen LogP contribution >= 0.6 is 0 Å². The number of hydrogen-bond donors (Lipinski definition) is 1. The first-order valence-corrected chi connectivity index (χ1v) is 6.43. The Balaban J connectivity index is 2.31. The minimum absolute atomic E-state index is 0.116. The first-order valence-electron chi connectivity index (χ1n) is 6.43. The first kappa shape index (κ1) is 15.1. The molecule has 1 N–H and O–H groups in total. The van der Waals surface area contributed by atoms with Gasteiger partial charge >= 0.3 is 0 Å². The van der Waals surface area contributed by atoms with Crippen LogP contribution in [0.25, 0.3) is 0 Å². The molecule has 2 rings (SSSR count). The molecule has 21 heavy (non-hydrogen) atoms. The number of carbonyl (C=O) groups is 1. The third-order valence-electron chi connectivity index (χ3n) is 3.15. The van der Waals surface area contributed by atoms with E-state index in [0.29, 0.717) is 0 Å². The lowest BCUT2D eigenvalue weighted by Gasteiger charge is -2.17. The molecule has 0 unspecified atom stereocenters. The van der Waals surface area contributed by atoms with Gasteiger partial charge in [0.1, 0.15) is 11.6 Å². The molecular weight excluding hydrogens is 276 g/mol. The van der Waals surface area contributed by atoms with Gasteiger partial charge in [0, 0.05) is 12.3 Å². The molecule has 0 saturated carbocycles. The summed E-state index contributed by atoms with van der Waals surface area (Å²) in [6.07, 6.45) is 0.116. The molecule has 0 spiro atoms. The van der Waals surface area contributed by atoms with Crippen LogP contribution in [-0.2, 0) is 9.63 Å². The van der Waals surface area contributed by atoms with Crippen molar-refractivity contribution in [3.8, 4) is 0 Å². The van der Waals surface area contributed by atoms with Crippen molar-refractivity contribution in [3.05, 3.63) is 71.3 Å². The maximum Gasteiger partial charge on any atom is 0.244 e. The Morgan fingerprint density at radius 3 is 1.81 bits per heavy atom. The molecule has 0 bridgehead atoms. The number of benzene rings is 2. The molecule has 0 aromatic heterocycles. The molecule has 0 radical (unpaired) electrons. The van der Waals surface area contributed by atoms with Gasteiger partial charge in [-0.3, -0.25) is 9.63 Å². The fourth-order valence-corrected chi connectivity index (χ4v) is 2.16. The van der Waals surface area contributed by atoms with Crippen molar-refractivity contribution in [2.75, 3.05) is 7.11 Å². The summed E-state index contributed by atoms with van der Waals surface area (Å²) >= 11 is 0. The summed E-state index contributed by atoms with van der Waals surface area (Å²) in [6.45, 7) is 0. The first-order chi connectivity index (χ1) is 10.1. The Kier molecular flexibility index (Phi) is 5.00. The van der Waals surface area contributed by atoms with Gasteiger partial charge < -0.3 is 0 Å². The van der Waals surface area contributed by atoms with E-state index in [9.17, 15) is 13.6 Å². The number of hydrogen-bond acceptors (Lipinski definition) is 2. The predicted molar refractivity (Wildman–Crippen MR) is 74.4 cm³/mol. The number of carbonyl (C=O) groups excluding carboxylic acids is 1. The number of halogens is 2. The molecule has 1 amide bonds. The lowest BCUT2D eigenvalue weighted by Crippen LogP contribution is -2.24. The summed E-state index contributed by atoms with van der Waals surface area (Å²) in [5, 5.41) is 0. The van der Waals surface area contributed by atoms with Crippen molar-refractivity contribution in [3.63, 3.8) is 0 Å². The standard InChI is InChI=1S/C16H15F2NO2/c1-21-19-16(20)10-15(11-2-6-13(17)7-3-11)12-4-8-14(18)9-5-12/h2-9,15H,10H2,1H3,(H,19,20). The minimum atomic E-state index is -0.349. The van der Waals surface area contributed by atoms with Crippen molar-refractivity contribution in [2.24, 2.45) is 0 Å². The Bertz CT molecular complexity index is 551. The molecule has 2 aromatic rings. The van der Waals surface area contributed by atoms with Crippen molar-refractivity contribution in [1.29, 1.82) is 0 Å². The summed E-state index contributed by atoms with van der Waals surface area (Å²) in [7, 11) is 1.35. The molecule has 0 aliphatic heterocycles. The SMILES string of the molecule is CONC(=O)CC(c1ccc(F)cc1)c1ccc(F)cc1. The second-order valence-corrected chi connectivity index (χ2v) is 4.59. The number of hydroxylamine groups is 1. The van der Waals surface area contributed by atoms with E-state index in [1.165, 1.54) is 31.4 Å². The van der Waals surface area contributed by atoms with Gasteiger partial charge in [-0.15, -0.1) is 0 Å². The quantitative estimate of drug-likeness (QED) is 0.859. The molecule has 5 heteroatoms. The van der Waals surface area contributed by atoms with Gasteiger partial charge in [0.2, 0.25) is 5.91 Å². The molecule has 110 valence electrons. The zero-order valence-corrected chi connectivity index (χ0v) is 11.5. The molecular formula is C16H15F2NO2. The van der Waals surface area contributed by atoms with Gasteiger partial charge in [-0.25, -0.2) is 14.3 Å². The Morgan fingerprint density at radius 1 is 1.00 bits per heavy atom. The second-order valence-electron chi connectivity index (χ2n) is 4.59. The maximum atomic E-state index is 13.0. The zero-order valence-electron chi connectivity index (χ0n) is 11.5. The highest BCUT2D eigenvalue weighted by atomic mass is 19.1. The van der Waals surface area contributed by atoms with Crippen molar-refractivity contribution in [2.45, 2.75) is 12.3 Å². The highest BCUT2D eigenvalue weighted by Gasteiger charge is 2.18.